The van der Waals surface area contributed by atoms with Crippen LogP contribution in [0.5, 0.6) is 0 Å². The van der Waals surface area contributed by atoms with Crippen molar-refractivity contribution >= 4 is 5.97 Å². The Bertz CT molecular complexity index is 239. The van der Waals surface area contributed by atoms with E-state index in [4.69, 9.17) is 10.8 Å². The van der Waals surface area contributed by atoms with Crippen LogP contribution < -0.4 is 5.73 Å². The maximum absolute atomic E-state index is 10.7. The van der Waals surface area contributed by atoms with Gasteiger partial charge in [-0.05, 0) is 32.7 Å². The van der Waals surface area contributed by atoms with Crippen molar-refractivity contribution in [2.24, 2.45) is 11.7 Å². The van der Waals surface area contributed by atoms with Crippen molar-refractivity contribution in [1.29, 1.82) is 0 Å². The van der Waals surface area contributed by atoms with Crippen LogP contribution in [0.4, 0.5) is 0 Å². The zero-order valence-electron chi connectivity index (χ0n) is 9.31. The smallest absolute Gasteiger partial charge is 0.336 e. The van der Waals surface area contributed by atoms with Gasteiger partial charge in [-0.2, -0.15) is 0 Å². The number of hydrogen-bond donors (Lipinski definition) is 3. The summed E-state index contributed by atoms with van der Waals surface area (Å²) >= 11 is 0. The van der Waals surface area contributed by atoms with Crippen LogP contribution in [-0.2, 0) is 4.79 Å². The lowest BCUT2D eigenvalue weighted by molar-refractivity contribution is -0.158. The summed E-state index contributed by atoms with van der Waals surface area (Å²) in [6.45, 7) is 1.93. The van der Waals surface area contributed by atoms with Gasteiger partial charge in [0.05, 0.1) is 0 Å². The SMILES string of the molecule is CN(CC(C)(O)C(=O)O)C(CN)C1CC1. The molecule has 0 aliphatic heterocycles. The van der Waals surface area contributed by atoms with Gasteiger partial charge >= 0.3 is 5.97 Å². The molecule has 0 amide bonds. The predicted octanol–water partition coefficient (Wildman–Crippen LogP) is -0.509. The lowest BCUT2D eigenvalue weighted by atomic mass is 10.0. The first kappa shape index (κ1) is 12.4. The summed E-state index contributed by atoms with van der Waals surface area (Å²) in [4.78, 5) is 12.6. The minimum atomic E-state index is -1.70. The second-order valence-corrected chi connectivity index (χ2v) is 4.63. The van der Waals surface area contributed by atoms with E-state index in [0.717, 1.165) is 12.8 Å². The van der Waals surface area contributed by atoms with E-state index in [1.165, 1.54) is 6.92 Å². The molecule has 1 rings (SSSR count). The van der Waals surface area contributed by atoms with E-state index in [1.54, 1.807) is 0 Å². The largest absolute Gasteiger partial charge is 0.479 e. The Morgan fingerprint density at radius 2 is 2.20 bits per heavy atom. The molecular weight excluding hydrogens is 196 g/mol. The van der Waals surface area contributed by atoms with Gasteiger partial charge < -0.3 is 15.9 Å². The van der Waals surface area contributed by atoms with Crippen LogP contribution in [0.1, 0.15) is 19.8 Å². The predicted molar refractivity (Wildman–Crippen MR) is 56.5 cm³/mol. The average Bonchev–Trinajstić information content (AvgIpc) is 2.88. The van der Waals surface area contributed by atoms with E-state index < -0.39 is 11.6 Å². The molecule has 4 N–H and O–H groups in total. The summed E-state index contributed by atoms with van der Waals surface area (Å²) in [5, 5.41) is 18.4. The molecule has 0 aromatic heterocycles. The molecule has 15 heavy (non-hydrogen) atoms. The number of nitrogens with zero attached hydrogens (tertiary/aromatic N) is 1. The van der Waals surface area contributed by atoms with Crippen molar-refractivity contribution in [2.75, 3.05) is 20.1 Å². The van der Waals surface area contributed by atoms with E-state index in [0.29, 0.717) is 12.5 Å². The van der Waals surface area contributed by atoms with Gasteiger partial charge in [0.2, 0.25) is 0 Å². The van der Waals surface area contributed by atoms with E-state index in [-0.39, 0.29) is 12.6 Å². The second kappa shape index (κ2) is 4.47. The van der Waals surface area contributed by atoms with Crippen LogP contribution in [0.3, 0.4) is 0 Å². The molecule has 0 aromatic rings. The zero-order chi connectivity index (χ0) is 11.6. The fraction of sp³-hybridized carbons (Fsp3) is 0.900. The van der Waals surface area contributed by atoms with Crippen LogP contribution in [0.25, 0.3) is 0 Å². The molecule has 1 saturated carbocycles. The Morgan fingerprint density at radius 3 is 2.53 bits per heavy atom. The van der Waals surface area contributed by atoms with Gasteiger partial charge in [0.1, 0.15) is 0 Å². The summed E-state index contributed by atoms with van der Waals surface area (Å²) in [6.07, 6.45) is 2.31. The molecule has 88 valence electrons. The molecule has 0 saturated heterocycles. The average molecular weight is 216 g/mol. The van der Waals surface area contributed by atoms with Crippen LogP contribution >= 0.6 is 0 Å². The highest BCUT2D eigenvalue weighted by Gasteiger charge is 2.38. The zero-order valence-corrected chi connectivity index (χ0v) is 9.31. The van der Waals surface area contributed by atoms with Crippen molar-refractivity contribution in [3.05, 3.63) is 0 Å². The van der Waals surface area contributed by atoms with Gasteiger partial charge in [-0.3, -0.25) is 4.90 Å². The van der Waals surface area contributed by atoms with E-state index in [2.05, 4.69) is 0 Å². The molecule has 1 aliphatic rings. The van der Waals surface area contributed by atoms with Crippen LogP contribution in [0, 0.1) is 5.92 Å². The number of likely N-dealkylation sites (N-methyl/N-ethyl adjacent to an activating group) is 1. The minimum Gasteiger partial charge on any atom is -0.479 e. The number of carboxylic acids is 1. The van der Waals surface area contributed by atoms with Crippen LogP contribution in [0.2, 0.25) is 0 Å². The van der Waals surface area contributed by atoms with Crippen molar-refractivity contribution in [3.63, 3.8) is 0 Å². The molecular formula is C10H20N2O3. The summed E-state index contributed by atoms with van der Waals surface area (Å²) < 4.78 is 0. The van der Waals surface area contributed by atoms with E-state index >= 15 is 0 Å². The van der Waals surface area contributed by atoms with Gasteiger partial charge in [-0.15, -0.1) is 0 Å². The molecule has 0 heterocycles. The van der Waals surface area contributed by atoms with E-state index in [9.17, 15) is 9.90 Å². The Hall–Kier alpha value is -0.650. The standard InChI is InChI=1S/C10H20N2O3/c1-10(15,9(13)14)6-12(2)8(5-11)7-3-4-7/h7-8,15H,3-6,11H2,1-2H3,(H,13,14). The Labute approximate surface area is 89.9 Å². The molecule has 1 aliphatic carbocycles. The Morgan fingerprint density at radius 1 is 1.67 bits per heavy atom. The summed E-state index contributed by atoms with van der Waals surface area (Å²) in [5.74, 6) is -0.620. The normalized spacial score (nSPS) is 22.5. The van der Waals surface area contributed by atoms with Gasteiger partial charge in [0.25, 0.3) is 0 Å². The highest BCUT2D eigenvalue weighted by Crippen LogP contribution is 2.34. The van der Waals surface area contributed by atoms with Crippen molar-refractivity contribution in [3.8, 4) is 0 Å². The molecule has 0 bridgehead atoms. The quantitative estimate of drug-likeness (QED) is 0.557. The molecule has 5 nitrogen and oxygen atoms in total. The number of hydrogen-bond acceptors (Lipinski definition) is 4. The number of carboxylic acid groups (broad SMARTS) is 1. The number of carbonyl (C=O) groups is 1. The lowest BCUT2D eigenvalue weighted by Gasteiger charge is -2.31. The number of nitrogens with two attached hydrogens (primary N) is 1. The molecule has 5 heteroatoms. The fourth-order valence-corrected chi connectivity index (χ4v) is 1.88. The molecule has 2 atom stereocenters. The monoisotopic (exact) mass is 216 g/mol. The van der Waals surface area contributed by atoms with Crippen LogP contribution in [0.15, 0.2) is 0 Å². The third-order valence-corrected chi connectivity index (χ3v) is 2.99. The number of aliphatic hydroxyl groups is 1. The highest BCUT2D eigenvalue weighted by molar-refractivity contribution is 5.76. The van der Waals surface area contributed by atoms with Crippen molar-refractivity contribution in [2.45, 2.75) is 31.4 Å². The first-order chi connectivity index (χ1) is 6.88. The fourth-order valence-electron chi connectivity index (χ4n) is 1.88. The minimum absolute atomic E-state index is 0.112. The molecule has 0 spiro atoms. The summed E-state index contributed by atoms with van der Waals surface area (Å²) in [7, 11) is 1.81. The second-order valence-electron chi connectivity index (χ2n) is 4.63. The first-order valence-corrected chi connectivity index (χ1v) is 5.24. The van der Waals surface area contributed by atoms with Crippen molar-refractivity contribution < 1.29 is 15.0 Å². The highest BCUT2D eigenvalue weighted by atomic mass is 16.4. The first-order valence-electron chi connectivity index (χ1n) is 5.24. The molecule has 0 aromatic carbocycles. The molecule has 2 unspecified atom stereocenters. The topological polar surface area (TPSA) is 86.8 Å². The Kier molecular flexibility index (Phi) is 3.70. The van der Waals surface area contributed by atoms with Crippen molar-refractivity contribution in [1.82, 2.24) is 4.90 Å². The molecule has 1 fully saturated rings. The summed E-state index contributed by atoms with van der Waals surface area (Å²) in [6, 6.07) is 0.191. The number of aliphatic carboxylic acids is 1. The third kappa shape index (κ3) is 3.15. The maximum Gasteiger partial charge on any atom is 0.336 e. The Balaban J connectivity index is 2.52. The van der Waals surface area contributed by atoms with Crippen LogP contribution in [-0.4, -0.2) is 52.9 Å². The van der Waals surface area contributed by atoms with Gasteiger partial charge in [-0.25, -0.2) is 4.79 Å². The number of rotatable bonds is 6. The van der Waals surface area contributed by atoms with Gasteiger partial charge in [-0.1, -0.05) is 0 Å². The van der Waals surface area contributed by atoms with Gasteiger partial charge in [0.15, 0.2) is 5.60 Å². The van der Waals surface area contributed by atoms with Gasteiger partial charge in [0, 0.05) is 19.1 Å². The third-order valence-electron chi connectivity index (χ3n) is 2.99. The lowest BCUT2D eigenvalue weighted by Crippen LogP contribution is -2.51. The summed E-state index contributed by atoms with van der Waals surface area (Å²) in [5.41, 5.74) is 3.94. The van der Waals surface area contributed by atoms with E-state index in [1.807, 2.05) is 11.9 Å². The molecule has 0 radical (unpaired) electrons. The maximum atomic E-state index is 10.7.